The highest BCUT2D eigenvalue weighted by Crippen LogP contribution is 2.43. The summed E-state index contributed by atoms with van der Waals surface area (Å²) in [6.07, 6.45) is 0. The summed E-state index contributed by atoms with van der Waals surface area (Å²) in [7, 11) is 0. The number of nitrogens with two attached hydrogens (primary N) is 1. The van der Waals surface area contributed by atoms with E-state index in [0.717, 1.165) is 10.5 Å². The second-order valence-electron chi connectivity index (χ2n) is 4.92. The molecule has 0 atom stereocenters. The molecule has 20 heavy (non-hydrogen) atoms. The Morgan fingerprint density at radius 2 is 1.60 bits per heavy atom. The molecule has 3 heteroatoms. The molecule has 0 aromatic heterocycles. The molecule has 100 valence electrons. The van der Waals surface area contributed by atoms with Gasteiger partial charge in [0.2, 0.25) is 5.91 Å². The van der Waals surface area contributed by atoms with E-state index < -0.39 is 0 Å². The third-order valence-electron chi connectivity index (χ3n) is 3.74. The maximum atomic E-state index is 11.4. The molecule has 2 aromatic rings. The first kappa shape index (κ1) is 13.0. The summed E-state index contributed by atoms with van der Waals surface area (Å²) in [5.41, 5.74) is 10.7. The highest BCUT2D eigenvalue weighted by Gasteiger charge is 2.18. The van der Waals surface area contributed by atoms with Gasteiger partial charge in [-0.25, -0.2) is 0 Å². The van der Waals surface area contributed by atoms with Crippen LogP contribution in [0.4, 0.5) is 0 Å². The number of benzene rings is 2. The molecule has 0 aliphatic carbocycles. The van der Waals surface area contributed by atoms with Crippen molar-refractivity contribution in [3.63, 3.8) is 0 Å². The largest absolute Gasteiger partial charge is 0.366 e. The first-order valence-electron chi connectivity index (χ1n) is 6.47. The van der Waals surface area contributed by atoms with Gasteiger partial charge in [0.1, 0.15) is 0 Å². The maximum Gasteiger partial charge on any atom is 0.248 e. The number of allylic oxidation sites excluding steroid dienone is 2. The molecule has 2 N–H and O–H groups in total. The highest BCUT2D eigenvalue weighted by molar-refractivity contribution is 7.99. The first-order valence-corrected chi connectivity index (χ1v) is 7.28. The van der Waals surface area contributed by atoms with Crippen molar-refractivity contribution >= 4 is 28.8 Å². The zero-order valence-electron chi connectivity index (χ0n) is 11.4. The Morgan fingerprint density at radius 1 is 0.950 bits per heavy atom. The molecular weight excluding hydrogens is 266 g/mol. The summed E-state index contributed by atoms with van der Waals surface area (Å²) in [4.78, 5) is 13.8. The van der Waals surface area contributed by atoms with Crippen molar-refractivity contribution in [1.82, 2.24) is 0 Å². The molecule has 1 aliphatic heterocycles. The van der Waals surface area contributed by atoms with Crippen LogP contribution in [-0.2, 0) is 0 Å². The van der Waals surface area contributed by atoms with E-state index in [9.17, 15) is 4.79 Å². The maximum absolute atomic E-state index is 11.4. The Hall–Kier alpha value is -2.00. The number of primary amides is 1. The van der Waals surface area contributed by atoms with Crippen molar-refractivity contribution in [2.24, 2.45) is 5.73 Å². The highest BCUT2D eigenvalue weighted by atomic mass is 32.2. The molecule has 0 spiro atoms. The van der Waals surface area contributed by atoms with E-state index in [-0.39, 0.29) is 5.91 Å². The molecule has 2 nitrogen and oxygen atoms in total. The normalized spacial score (nSPS) is 13.5. The van der Waals surface area contributed by atoms with Gasteiger partial charge >= 0.3 is 0 Å². The number of hydrogen-bond acceptors (Lipinski definition) is 2. The Kier molecular flexibility index (Phi) is 3.14. The van der Waals surface area contributed by atoms with Gasteiger partial charge < -0.3 is 5.73 Å². The SMILES string of the molecule is CC1=C(C)c2cc(C(N)=O)ccc2Sc2ccccc21. The lowest BCUT2D eigenvalue weighted by Crippen LogP contribution is -2.11. The van der Waals surface area contributed by atoms with Gasteiger partial charge in [-0.15, -0.1) is 0 Å². The molecule has 0 unspecified atom stereocenters. The van der Waals surface area contributed by atoms with E-state index >= 15 is 0 Å². The van der Waals surface area contributed by atoms with Crippen molar-refractivity contribution in [2.75, 3.05) is 0 Å². The number of carbonyl (C=O) groups excluding carboxylic acids is 1. The van der Waals surface area contributed by atoms with Gasteiger partial charge in [0.25, 0.3) is 0 Å². The molecular formula is C17H15NOS. The van der Waals surface area contributed by atoms with Gasteiger partial charge in [0.05, 0.1) is 0 Å². The predicted octanol–water partition coefficient (Wildman–Crippen LogP) is 4.20. The van der Waals surface area contributed by atoms with E-state index in [1.807, 2.05) is 12.1 Å². The molecule has 1 heterocycles. The van der Waals surface area contributed by atoms with Crippen molar-refractivity contribution in [1.29, 1.82) is 0 Å². The van der Waals surface area contributed by atoms with Crippen LogP contribution in [0.2, 0.25) is 0 Å². The number of carbonyl (C=O) groups is 1. The van der Waals surface area contributed by atoms with Crippen LogP contribution in [0, 0.1) is 0 Å². The van der Waals surface area contributed by atoms with Gasteiger partial charge in [-0.3, -0.25) is 4.79 Å². The average molecular weight is 281 g/mol. The summed E-state index contributed by atoms with van der Waals surface area (Å²) in [5, 5.41) is 0. The number of hydrogen-bond donors (Lipinski definition) is 1. The molecule has 2 aromatic carbocycles. The van der Waals surface area contributed by atoms with Gasteiger partial charge in [0.15, 0.2) is 0 Å². The van der Waals surface area contributed by atoms with Crippen LogP contribution >= 0.6 is 11.8 Å². The van der Waals surface area contributed by atoms with Crippen LogP contribution in [0.1, 0.15) is 35.3 Å². The molecule has 1 aliphatic rings. The van der Waals surface area contributed by atoms with Gasteiger partial charge in [-0.05, 0) is 60.4 Å². The summed E-state index contributed by atoms with van der Waals surface area (Å²) in [6.45, 7) is 4.22. The van der Waals surface area contributed by atoms with E-state index in [1.54, 1.807) is 17.8 Å². The minimum absolute atomic E-state index is 0.384. The number of rotatable bonds is 1. The Bertz CT molecular complexity index is 746. The van der Waals surface area contributed by atoms with E-state index in [1.165, 1.54) is 21.6 Å². The Labute approximate surface area is 122 Å². The molecule has 0 saturated carbocycles. The fourth-order valence-electron chi connectivity index (χ4n) is 2.45. The lowest BCUT2D eigenvalue weighted by Gasteiger charge is -2.09. The van der Waals surface area contributed by atoms with Crippen molar-refractivity contribution in [3.05, 3.63) is 59.2 Å². The van der Waals surface area contributed by atoms with E-state index in [4.69, 9.17) is 5.73 Å². The predicted molar refractivity (Wildman–Crippen MR) is 83.7 cm³/mol. The third kappa shape index (κ3) is 2.04. The smallest absolute Gasteiger partial charge is 0.248 e. The monoisotopic (exact) mass is 281 g/mol. The molecule has 0 saturated heterocycles. The van der Waals surface area contributed by atoms with Gasteiger partial charge in [-0.1, -0.05) is 30.0 Å². The van der Waals surface area contributed by atoms with E-state index in [2.05, 4.69) is 38.1 Å². The molecule has 3 rings (SSSR count). The average Bonchev–Trinajstić information content (AvgIpc) is 2.55. The summed E-state index contributed by atoms with van der Waals surface area (Å²) < 4.78 is 0. The molecule has 0 radical (unpaired) electrons. The third-order valence-corrected chi connectivity index (χ3v) is 4.89. The summed E-state index contributed by atoms with van der Waals surface area (Å²) in [5.74, 6) is -0.384. The van der Waals surface area contributed by atoms with E-state index in [0.29, 0.717) is 5.56 Å². The minimum Gasteiger partial charge on any atom is -0.366 e. The fourth-order valence-corrected chi connectivity index (χ4v) is 3.63. The van der Waals surface area contributed by atoms with Crippen LogP contribution in [-0.4, -0.2) is 5.91 Å². The van der Waals surface area contributed by atoms with Crippen LogP contribution in [0.5, 0.6) is 0 Å². The topological polar surface area (TPSA) is 43.1 Å². The molecule has 0 fully saturated rings. The van der Waals surface area contributed by atoms with Gasteiger partial charge in [0, 0.05) is 15.4 Å². The molecule has 1 amide bonds. The zero-order valence-corrected chi connectivity index (χ0v) is 12.3. The quantitative estimate of drug-likeness (QED) is 0.851. The van der Waals surface area contributed by atoms with Crippen LogP contribution in [0.25, 0.3) is 11.1 Å². The van der Waals surface area contributed by atoms with Crippen molar-refractivity contribution < 1.29 is 4.79 Å². The van der Waals surface area contributed by atoms with Crippen LogP contribution < -0.4 is 5.73 Å². The number of amides is 1. The standard InChI is InChI=1S/C17H15NOS/c1-10-11(2)14-9-12(17(18)19)7-8-16(14)20-15-6-4-3-5-13(10)15/h3-9H,1-2H3,(H2,18,19). The Morgan fingerprint density at radius 3 is 2.35 bits per heavy atom. The second kappa shape index (κ2) is 4.84. The summed E-state index contributed by atoms with van der Waals surface area (Å²) in [6, 6.07) is 14.1. The van der Waals surface area contributed by atoms with Crippen LogP contribution in [0.3, 0.4) is 0 Å². The van der Waals surface area contributed by atoms with Gasteiger partial charge in [-0.2, -0.15) is 0 Å². The fraction of sp³-hybridized carbons (Fsp3) is 0.118. The first-order chi connectivity index (χ1) is 9.58. The van der Waals surface area contributed by atoms with Crippen molar-refractivity contribution in [3.8, 4) is 0 Å². The molecule has 0 bridgehead atoms. The number of fused-ring (bicyclic) bond motifs is 2. The lowest BCUT2D eigenvalue weighted by molar-refractivity contribution is 0.1000. The zero-order chi connectivity index (χ0) is 14.3. The Balaban J connectivity index is 2.27. The lowest BCUT2D eigenvalue weighted by atomic mass is 9.96. The van der Waals surface area contributed by atoms with Crippen molar-refractivity contribution in [2.45, 2.75) is 23.6 Å². The van der Waals surface area contributed by atoms with Crippen LogP contribution in [0.15, 0.2) is 52.3 Å². The minimum atomic E-state index is -0.384. The summed E-state index contributed by atoms with van der Waals surface area (Å²) >= 11 is 1.74. The second-order valence-corrected chi connectivity index (χ2v) is 6.01.